The van der Waals surface area contributed by atoms with Crippen molar-refractivity contribution in [1.82, 2.24) is 0 Å². The van der Waals surface area contributed by atoms with Crippen molar-refractivity contribution in [2.45, 2.75) is 37.5 Å². The number of hydrogen-bond acceptors (Lipinski definition) is 5. The fourth-order valence-corrected chi connectivity index (χ4v) is 2.51. The van der Waals surface area contributed by atoms with Crippen LogP contribution >= 0.6 is 11.8 Å². The third-order valence-corrected chi connectivity index (χ3v) is 3.84. The number of carbonyl (C=O) groups is 3. The van der Waals surface area contributed by atoms with Crippen molar-refractivity contribution in [3.05, 3.63) is 0 Å². The molecule has 1 aliphatic rings. The van der Waals surface area contributed by atoms with Crippen molar-refractivity contribution in [3.63, 3.8) is 0 Å². The van der Waals surface area contributed by atoms with Crippen LogP contribution in [0.2, 0.25) is 0 Å². The first-order chi connectivity index (χ1) is 7.50. The van der Waals surface area contributed by atoms with E-state index in [9.17, 15) is 14.4 Å². The lowest BCUT2D eigenvalue weighted by molar-refractivity contribution is -0.156. The Balaban J connectivity index is 2.83. The maximum Gasteiger partial charge on any atom is 0.313 e. The third kappa shape index (κ3) is 2.98. The number of esters is 1. The average Bonchev–Trinajstić information content (AvgIpc) is 2.36. The summed E-state index contributed by atoms with van der Waals surface area (Å²) in [6.45, 7) is 1.71. The quantitative estimate of drug-likeness (QED) is 0.751. The van der Waals surface area contributed by atoms with Crippen molar-refractivity contribution in [2.24, 2.45) is 0 Å². The van der Waals surface area contributed by atoms with Gasteiger partial charge < -0.3 is 9.84 Å². The van der Waals surface area contributed by atoms with Crippen LogP contribution in [0.5, 0.6) is 0 Å². The number of thioether (sulfide) groups is 1. The lowest BCUT2D eigenvalue weighted by Gasteiger charge is -2.28. The molecule has 0 spiro atoms. The Morgan fingerprint density at radius 3 is 2.75 bits per heavy atom. The Morgan fingerprint density at radius 1 is 1.50 bits per heavy atom. The maximum atomic E-state index is 11.8. The summed E-state index contributed by atoms with van der Waals surface area (Å²) in [6, 6.07) is 0. The topological polar surface area (TPSA) is 80.7 Å². The normalized spacial score (nSPS) is 26.1. The Labute approximate surface area is 97.5 Å². The summed E-state index contributed by atoms with van der Waals surface area (Å²) in [5, 5.41) is 8.60. The van der Waals surface area contributed by atoms with Gasteiger partial charge in [-0.05, 0) is 6.42 Å². The molecule has 1 fully saturated rings. The SMILES string of the molecule is CCC1(SCC(=O)O)OC(=O)CCCC1=O. The molecule has 0 aromatic carbocycles. The smallest absolute Gasteiger partial charge is 0.313 e. The van der Waals surface area contributed by atoms with E-state index in [1.807, 2.05) is 0 Å². The molecule has 0 saturated carbocycles. The Hall–Kier alpha value is -1.04. The van der Waals surface area contributed by atoms with Crippen LogP contribution in [0.3, 0.4) is 0 Å². The molecule has 1 aliphatic heterocycles. The fourth-order valence-electron chi connectivity index (χ4n) is 1.54. The number of carboxylic acids is 1. The first-order valence-electron chi connectivity index (χ1n) is 5.11. The number of hydrogen-bond donors (Lipinski definition) is 1. The highest BCUT2D eigenvalue weighted by Gasteiger charge is 2.42. The van der Waals surface area contributed by atoms with E-state index >= 15 is 0 Å². The van der Waals surface area contributed by atoms with Crippen LogP contribution < -0.4 is 0 Å². The van der Waals surface area contributed by atoms with Crippen LogP contribution in [-0.4, -0.2) is 33.5 Å². The second-order valence-corrected chi connectivity index (χ2v) is 4.78. The van der Waals surface area contributed by atoms with Gasteiger partial charge in [-0.25, -0.2) is 0 Å². The summed E-state index contributed by atoms with van der Waals surface area (Å²) < 4.78 is 5.12. The second-order valence-electron chi connectivity index (χ2n) is 3.54. The standard InChI is InChI=1S/C10H14O5S/c1-2-10(16-6-8(12)13)7(11)4-3-5-9(14)15-10/h2-6H2,1H3,(H,12,13). The summed E-state index contributed by atoms with van der Waals surface area (Å²) in [7, 11) is 0. The van der Waals surface area contributed by atoms with Crippen molar-refractivity contribution >= 4 is 29.5 Å². The molecule has 1 saturated heterocycles. The van der Waals surface area contributed by atoms with E-state index in [1.54, 1.807) is 6.92 Å². The van der Waals surface area contributed by atoms with Crippen LogP contribution in [0.25, 0.3) is 0 Å². The van der Waals surface area contributed by atoms with E-state index in [0.29, 0.717) is 12.8 Å². The average molecular weight is 246 g/mol. The molecule has 0 bridgehead atoms. The number of aliphatic carboxylic acids is 1. The Morgan fingerprint density at radius 2 is 2.19 bits per heavy atom. The van der Waals surface area contributed by atoms with Gasteiger partial charge in [0.1, 0.15) is 0 Å². The summed E-state index contributed by atoms with van der Waals surface area (Å²) in [5.41, 5.74) is 0. The summed E-state index contributed by atoms with van der Waals surface area (Å²) in [6.07, 6.45) is 1.27. The molecule has 1 atom stereocenters. The zero-order chi connectivity index (χ0) is 12.2. The zero-order valence-electron chi connectivity index (χ0n) is 9.02. The van der Waals surface area contributed by atoms with Gasteiger partial charge in [0.2, 0.25) is 4.93 Å². The monoisotopic (exact) mass is 246 g/mol. The van der Waals surface area contributed by atoms with E-state index in [-0.39, 0.29) is 24.4 Å². The predicted molar refractivity (Wildman–Crippen MR) is 58.1 cm³/mol. The Kier molecular flexibility index (Phi) is 4.35. The van der Waals surface area contributed by atoms with Crippen LogP contribution in [0.15, 0.2) is 0 Å². The lowest BCUT2D eigenvalue weighted by atomic mass is 10.1. The van der Waals surface area contributed by atoms with E-state index in [4.69, 9.17) is 9.84 Å². The number of carboxylic acid groups (broad SMARTS) is 1. The van der Waals surface area contributed by atoms with Gasteiger partial charge in [-0.1, -0.05) is 18.7 Å². The molecule has 5 nitrogen and oxygen atoms in total. The molecule has 16 heavy (non-hydrogen) atoms. The van der Waals surface area contributed by atoms with E-state index < -0.39 is 16.9 Å². The second kappa shape index (κ2) is 5.34. The molecule has 0 aromatic heterocycles. The highest BCUT2D eigenvalue weighted by Crippen LogP contribution is 2.35. The van der Waals surface area contributed by atoms with Crippen LogP contribution in [0, 0.1) is 0 Å². The maximum absolute atomic E-state index is 11.8. The fraction of sp³-hybridized carbons (Fsp3) is 0.700. The lowest BCUT2D eigenvalue weighted by Crippen LogP contribution is -2.38. The van der Waals surface area contributed by atoms with E-state index in [0.717, 1.165) is 11.8 Å². The number of carbonyl (C=O) groups excluding carboxylic acids is 2. The number of ether oxygens (including phenoxy) is 1. The van der Waals surface area contributed by atoms with Gasteiger partial charge in [0.05, 0.1) is 5.75 Å². The van der Waals surface area contributed by atoms with Gasteiger partial charge in [-0.3, -0.25) is 14.4 Å². The van der Waals surface area contributed by atoms with Gasteiger partial charge in [0.25, 0.3) is 0 Å². The zero-order valence-corrected chi connectivity index (χ0v) is 9.84. The minimum atomic E-state index is -1.29. The summed E-state index contributed by atoms with van der Waals surface area (Å²) in [4.78, 5) is 32.4. The first-order valence-corrected chi connectivity index (χ1v) is 6.09. The van der Waals surface area contributed by atoms with Gasteiger partial charge in [-0.15, -0.1) is 0 Å². The number of Topliss-reactive ketones (excluding diaryl/α,β-unsaturated/α-hetero) is 1. The van der Waals surface area contributed by atoms with Crippen molar-refractivity contribution in [3.8, 4) is 0 Å². The number of ketones is 1. The highest BCUT2D eigenvalue weighted by molar-refractivity contribution is 8.01. The van der Waals surface area contributed by atoms with Gasteiger partial charge >= 0.3 is 11.9 Å². The highest BCUT2D eigenvalue weighted by atomic mass is 32.2. The molecule has 1 N–H and O–H groups in total. The molecule has 1 heterocycles. The molecular formula is C10H14O5S. The van der Waals surface area contributed by atoms with Crippen molar-refractivity contribution in [1.29, 1.82) is 0 Å². The first kappa shape index (κ1) is 13.0. The molecular weight excluding hydrogens is 232 g/mol. The van der Waals surface area contributed by atoms with Crippen LogP contribution in [0.1, 0.15) is 32.6 Å². The molecule has 1 rings (SSSR count). The largest absolute Gasteiger partial charge is 0.481 e. The molecule has 0 aromatic rings. The number of rotatable bonds is 4. The number of cyclic esters (lactones) is 1. The van der Waals surface area contributed by atoms with Gasteiger partial charge in [-0.2, -0.15) is 0 Å². The van der Waals surface area contributed by atoms with Gasteiger partial charge in [0, 0.05) is 19.3 Å². The Bertz CT molecular complexity index is 314. The van der Waals surface area contributed by atoms with Crippen molar-refractivity contribution in [2.75, 3.05) is 5.75 Å². The van der Waals surface area contributed by atoms with Crippen LogP contribution in [0.4, 0.5) is 0 Å². The summed E-state index contributed by atoms with van der Waals surface area (Å²) in [5.74, 6) is -1.88. The van der Waals surface area contributed by atoms with E-state index in [2.05, 4.69) is 0 Å². The van der Waals surface area contributed by atoms with E-state index in [1.165, 1.54) is 0 Å². The minimum Gasteiger partial charge on any atom is -0.481 e. The van der Waals surface area contributed by atoms with Gasteiger partial charge in [0.15, 0.2) is 5.78 Å². The minimum absolute atomic E-state index is 0.188. The third-order valence-electron chi connectivity index (χ3n) is 2.38. The molecule has 90 valence electrons. The van der Waals surface area contributed by atoms with Crippen LogP contribution in [-0.2, 0) is 19.1 Å². The molecule has 0 amide bonds. The molecule has 6 heteroatoms. The molecule has 0 radical (unpaired) electrons. The molecule has 1 unspecified atom stereocenters. The predicted octanol–water partition coefficient (Wildman–Crippen LogP) is 1.21. The summed E-state index contributed by atoms with van der Waals surface area (Å²) >= 11 is 0.886. The molecule has 0 aliphatic carbocycles. The van der Waals surface area contributed by atoms with Crippen molar-refractivity contribution < 1.29 is 24.2 Å².